The maximum atomic E-state index is 5.35. The van der Waals surface area contributed by atoms with E-state index >= 15 is 0 Å². The maximum Gasteiger partial charge on any atom is 0.160 e. The van der Waals surface area contributed by atoms with Crippen molar-refractivity contribution in [2.45, 2.75) is 25.8 Å². The van der Waals surface area contributed by atoms with Crippen LogP contribution in [0.1, 0.15) is 43.3 Å². The van der Waals surface area contributed by atoms with E-state index in [1.807, 2.05) is 12.4 Å². The Hall–Kier alpha value is -5.38. The molecule has 1 aliphatic rings. The molecule has 0 radical (unpaired) electrons. The SMILES string of the molecule is CC(C)(C)[Si]1(c2ccccc2)C(c2nccc3ccccc23)=C(c2ccccc2)C(c2ccccc2)=C1c1nccc2ccccc12. The first-order valence-electron chi connectivity index (χ1n) is 16.3. The summed E-state index contributed by atoms with van der Waals surface area (Å²) >= 11 is 0. The molecule has 0 unspecified atom stereocenters. The lowest BCUT2D eigenvalue weighted by molar-refractivity contribution is 0.741. The van der Waals surface area contributed by atoms with Crippen LogP contribution in [0.5, 0.6) is 0 Å². The number of rotatable bonds is 5. The number of fused-ring (bicyclic) bond motifs is 2. The fraction of sp³-hybridized carbons (Fsp3) is 0.0909. The van der Waals surface area contributed by atoms with Crippen molar-refractivity contribution in [3.8, 4) is 0 Å². The average molecular weight is 621 g/mol. The quantitative estimate of drug-likeness (QED) is 0.179. The lowest BCUT2D eigenvalue weighted by Gasteiger charge is -2.45. The van der Waals surface area contributed by atoms with E-state index in [1.54, 1.807) is 0 Å². The Morgan fingerprint density at radius 2 is 0.809 bits per heavy atom. The van der Waals surface area contributed by atoms with Gasteiger partial charge in [0.05, 0.1) is 11.4 Å². The first-order chi connectivity index (χ1) is 23.0. The van der Waals surface area contributed by atoms with Gasteiger partial charge in [-0.2, -0.15) is 0 Å². The molecular weight excluding hydrogens is 585 g/mol. The van der Waals surface area contributed by atoms with Crippen LogP contribution >= 0.6 is 0 Å². The molecule has 2 aromatic heterocycles. The molecular formula is C44H36N2Si. The van der Waals surface area contributed by atoms with Crippen LogP contribution in [0.25, 0.3) is 43.1 Å². The third-order valence-electron chi connectivity index (χ3n) is 9.78. The Labute approximate surface area is 277 Å². The Morgan fingerprint density at radius 3 is 1.23 bits per heavy atom. The van der Waals surface area contributed by atoms with Gasteiger partial charge in [0.25, 0.3) is 0 Å². The average Bonchev–Trinajstić information content (AvgIpc) is 3.45. The fourth-order valence-electron chi connectivity index (χ4n) is 7.93. The van der Waals surface area contributed by atoms with E-state index in [4.69, 9.17) is 9.97 Å². The summed E-state index contributed by atoms with van der Waals surface area (Å²) in [5, 5.41) is 8.62. The molecule has 0 atom stereocenters. The van der Waals surface area contributed by atoms with Crippen molar-refractivity contribution in [1.82, 2.24) is 9.97 Å². The van der Waals surface area contributed by atoms with Crippen molar-refractivity contribution in [2.24, 2.45) is 0 Å². The Kier molecular flexibility index (Phi) is 7.08. The topological polar surface area (TPSA) is 25.8 Å². The second-order valence-electron chi connectivity index (χ2n) is 13.4. The smallest absolute Gasteiger partial charge is 0.160 e. The number of hydrogen-bond donors (Lipinski definition) is 0. The van der Waals surface area contributed by atoms with Crippen LogP contribution in [-0.4, -0.2) is 18.0 Å². The van der Waals surface area contributed by atoms with Gasteiger partial charge in [-0.3, -0.25) is 9.97 Å². The van der Waals surface area contributed by atoms with Gasteiger partial charge in [0.1, 0.15) is 0 Å². The summed E-state index contributed by atoms with van der Waals surface area (Å²) in [6.45, 7) is 7.33. The van der Waals surface area contributed by atoms with Gasteiger partial charge in [0, 0.05) is 23.2 Å². The van der Waals surface area contributed by atoms with E-state index in [9.17, 15) is 0 Å². The largest absolute Gasteiger partial charge is 0.256 e. The predicted molar refractivity (Wildman–Crippen MR) is 202 cm³/mol. The molecule has 0 fully saturated rings. The lowest BCUT2D eigenvalue weighted by atomic mass is 9.89. The second kappa shape index (κ2) is 11.4. The molecule has 0 bridgehead atoms. The summed E-state index contributed by atoms with van der Waals surface area (Å²) in [5.74, 6) is 0. The Morgan fingerprint density at radius 1 is 0.426 bits per heavy atom. The summed E-state index contributed by atoms with van der Waals surface area (Å²) in [6.07, 6.45) is 3.99. The zero-order valence-electron chi connectivity index (χ0n) is 27.0. The molecule has 0 aliphatic carbocycles. The Bertz CT molecular complexity index is 2170. The van der Waals surface area contributed by atoms with Crippen LogP contribution < -0.4 is 5.19 Å². The highest BCUT2D eigenvalue weighted by Crippen LogP contribution is 2.62. The zero-order chi connectivity index (χ0) is 32.0. The van der Waals surface area contributed by atoms with Gasteiger partial charge >= 0.3 is 0 Å². The maximum absolute atomic E-state index is 5.35. The molecule has 3 heteroatoms. The van der Waals surface area contributed by atoms with Gasteiger partial charge in [-0.1, -0.05) is 160 Å². The molecule has 0 spiro atoms. The van der Waals surface area contributed by atoms with Crippen LogP contribution in [0, 0.1) is 0 Å². The molecule has 0 saturated carbocycles. The molecule has 0 saturated heterocycles. The van der Waals surface area contributed by atoms with Crippen LogP contribution in [0.2, 0.25) is 5.04 Å². The van der Waals surface area contributed by atoms with Crippen LogP contribution in [0.3, 0.4) is 0 Å². The first kappa shape index (κ1) is 29.0. The van der Waals surface area contributed by atoms with E-state index in [0.29, 0.717) is 0 Å². The zero-order valence-corrected chi connectivity index (χ0v) is 28.0. The summed E-state index contributed by atoms with van der Waals surface area (Å²) in [6, 6.07) is 55.0. The van der Waals surface area contributed by atoms with Gasteiger partial charge < -0.3 is 0 Å². The fourth-order valence-corrected chi connectivity index (χ4v) is 14.2. The van der Waals surface area contributed by atoms with Crippen LogP contribution in [-0.2, 0) is 0 Å². The number of hydrogen-bond acceptors (Lipinski definition) is 2. The molecule has 0 amide bonds. The van der Waals surface area contributed by atoms with Crippen molar-refractivity contribution < 1.29 is 0 Å². The number of aromatic nitrogens is 2. The normalized spacial score (nSPS) is 14.7. The predicted octanol–water partition coefficient (Wildman–Crippen LogP) is 10.6. The molecule has 0 N–H and O–H groups in total. The minimum absolute atomic E-state index is 0.188. The van der Waals surface area contributed by atoms with Crippen molar-refractivity contribution in [1.29, 1.82) is 0 Å². The van der Waals surface area contributed by atoms with Crippen LogP contribution in [0.15, 0.2) is 164 Å². The van der Waals surface area contributed by atoms with Gasteiger partial charge in [-0.15, -0.1) is 0 Å². The summed E-state index contributed by atoms with van der Waals surface area (Å²) in [4.78, 5) is 10.7. The number of nitrogens with zero attached hydrogens (tertiary/aromatic N) is 2. The number of allylic oxidation sites excluding steroid dienone is 2. The minimum Gasteiger partial charge on any atom is -0.256 e. The second-order valence-corrected chi connectivity index (χ2v) is 17.9. The van der Waals surface area contributed by atoms with Crippen molar-refractivity contribution in [3.05, 3.63) is 187 Å². The molecule has 8 rings (SSSR count). The number of pyridine rings is 2. The Balaban J connectivity index is 1.69. The molecule has 47 heavy (non-hydrogen) atoms. The third kappa shape index (κ3) is 4.53. The van der Waals surface area contributed by atoms with E-state index in [1.165, 1.54) is 59.4 Å². The van der Waals surface area contributed by atoms with Gasteiger partial charge in [-0.05, 0) is 65.8 Å². The summed E-state index contributed by atoms with van der Waals surface area (Å²) < 4.78 is 0. The molecule has 1 aliphatic heterocycles. The minimum atomic E-state index is -3.04. The molecule has 3 heterocycles. The van der Waals surface area contributed by atoms with E-state index in [2.05, 4.69) is 172 Å². The summed E-state index contributed by atoms with van der Waals surface area (Å²) in [5.41, 5.74) is 7.05. The van der Waals surface area contributed by atoms with Gasteiger partial charge in [0.2, 0.25) is 0 Å². The first-order valence-corrected chi connectivity index (χ1v) is 18.3. The van der Waals surface area contributed by atoms with Gasteiger partial charge in [0.15, 0.2) is 8.07 Å². The highest BCUT2D eigenvalue weighted by Gasteiger charge is 2.59. The van der Waals surface area contributed by atoms with E-state index in [-0.39, 0.29) is 5.04 Å². The monoisotopic (exact) mass is 620 g/mol. The van der Waals surface area contributed by atoms with E-state index < -0.39 is 8.07 Å². The molecule has 226 valence electrons. The number of benzene rings is 5. The standard InChI is InChI=1S/C44H36N2Si/c1-44(2,3)47(35-23-11-6-12-24-35)42(40-36-25-15-13-17-31(36)27-29-45-40)38(33-19-7-4-8-20-33)39(34-21-9-5-10-22-34)43(47)41-37-26-16-14-18-32(37)28-30-46-41/h4-30H,1-3H3. The van der Waals surface area contributed by atoms with Gasteiger partial charge in [-0.25, -0.2) is 0 Å². The third-order valence-corrected chi connectivity index (χ3v) is 15.7. The van der Waals surface area contributed by atoms with Crippen molar-refractivity contribution in [2.75, 3.05) is 0 Å². The van der Waals surface area contributed by atoms with Crippen LogP contribution in [0.4, 0.5) is 0 Å². The van der Waals surface area contributed by atoms with Crippen molar-refractivity contribution in [3.63, 3.8) is 0 Å². The molecule has 7 aromatic rings. The van der Waals surface area contributed by atoms with E-state index in [0.717, 1.165) is 11.4 Å². The highest BCUT2D eigenvalue weighted by molar-refractivity contribution is 7.23. The summed E-state index contributed by atoms with van der Waals surface area (Å²) in [7, 11) is -3.04. The highest BCUT2D eigenvalue weighted by atomic mass is 28.3. The van der Waals surface area contributed by atoms with Crippen molar-refractivity contribution >= 4 is 56.3 Å². The lowest BCUT2D eigenvalue weighted by Crippen LogP contribution is -2.57. The molecule has 5 aromatic carbocycles. The molecule has 2 nitrogen and oxygen atoms in total.